The fourth-order valence-corrected chi connectivity index (χ4v) is 2.60. The van der Waals surface area contributed by atoms with E-state index in [1.165, 1.54) is 0 Å². The molecule has 2 rings (SSSR count). The second-order valence-electron chi connectivity index (χ2n) is 5.76. The number of nitrogens with zero attached hydrogens (tertiary/aromatic N) is 1. The van der Waals surface area contributed by atoms with Crippen LogP contribution in [0.25, 0.3) is 0 Å². The maximum Gasteiger partial charge on any atom is 0.238 e. The topological polar surface area (TPSA) is 60.0 Å². The number of methoxy groups -OCH3 is 3. The van der Waals surface area contributed by atoms with E-state index in [9.17, 15) is 4.79 Å². The molecule has 0 aromatic heterocycles. The molecule has 0 radical (unpaired) electrons. The first-order valence-electron chi connectivity index (χ1n) is 8.46. The van der Waals surface area contributed by atoms with Gasteiger partial charge in [0.1, 0.15) is 17.2 Å². The summed E-state index contributed by atoms with van der Waals surface area (Å²) in [5, 5.41) is 2.90. The van der Waals surface area contributed by atoms with Crippen molar-refractivity contribution >= 4 is 11.6 Å². The summed E-state index contributed by atoms with van der Waals surface area (Å²) in [4.78, 5) is 14.4. The molecular formula is C20H26N2O4. The molecule has 0 spiro atoms. The number of ether oxygens (including phenoxy) is 3. The van der Waals surface area contributed by atoms with Crippen LogP contribution < -0.4 is 19.5 Å². The van der Waals surface area contributed by atoms with Crippen LogP contribution in [0.2, 0.25) is 0 Å². The number of benzene rings is 2. The van der Waals surface area contributed by atoms with E-state index in [1.54, 1.807) is 21.3 Å². The van der Waals surface area contributed by atoms with Crippen LogP contribution >= 0.6 is 0 Å². The smallest absolute Gasteiger partial charge is 0.238 e. The molecule has 0 atom stereocenters. The Bertz CT molecular complexity index is 716. The highest BCUT2D eigenvalue weighted by Gasteiger charge is 2.13. The predicted octanol–water partition coefficient (Wildman–Crippen LogP) is 3.17. The van der Waals surface area contributed by atoms with Crippen molar-refractivity contribution < 1.29 is 19.0 Å². The lowest BCUT2D eigenvalue weighted by Crippen LogP contribution is -2.32. The van der Waals surface area contributed by atoms with Crippen LogP contribution in [-0.2, 0) is 11.3 Å². The van der Waals surface area contributed by atoms with Crippen LogP contribution in [0, 0.1) is 0 Å². The highest BCUT2D eigenvalue weighted by atomic mass is 16.5. The van der Waals surface area contributed by atoms with Crippen molar-refractivity contribution in [2.75, 3.05) is 39.7 Å². The van der Waals surface area contributed by atoms with E-state index in [1.807, 2.05) is 54.3 Å². The molecule has 0 fully saturated rings. The summed E-state index contributed by atoms with van der Waals surface area (Å²) in [5.74, 6) is 2.22. The van der Waals surface area contributed by atoms with E-state index in [4.69, 9.17) is 14.2 Å². The van der Waals surface area contributed by atoms with Gasteiger partial charge in [0.25, 0.3) is 0 Å². The van der Waals surface area contributed by atoms with E-state index in [-0.39, 0.29) is 12.5 Å². The van der Waals surface area contributed by atoms with Crippen LogP contribution in [0.3, 0.4) is 0 Å². The average Bonchev–Trinajstić information content (AvgIpc) is 2.67. The highest BCUT2D eigenvalue weighted by molar-refractivity contribution is 5.92. The highest BCUT2D eigenvalue weighted by Crippen LogP contribution is 2.25. The van der Waals surface area contributed by atoms with Crippen molar-refractivity contribution in [2.45, 2.75) is 13.5 Å². The van der Waals surface area contributed by atoms with Gasteiger partial charge in [-0.05, 0) is 49.0 Å². The summed E-state index contributed by atoms with van der Waals surface area (Å²) >= 11 is 0. The molecule has 1 N–H and O–H groups in total. The molecule has 0 heterocycles. The number of hydrogen-bond donors (Lipinski definition) is 1. The molecule has 0 unspecified atom stereocenters. The second-order valence-corrected chi connectivity index (χ2v) is 5.76. The summed E-state index contributed by atoms with van der Waals surface area (Å²) in [5.41, 5.74) is 1.72. The van der Waals surface area contributed by atoms with E-state index < -0.39 is 0 Å². The van der Waals surface area contributed by atoms with Gasteiger partial charge in [-0.3, -0.25) is 9.69 Å². The summed E-state index contributed by atoms with van der Waals surface area (Å²) in [6.45, 7) is 3.62. The first-order valence-corrected chi connectivity index (χ1v) is 8.46. The Morgan fingerprint density at radius 3 is 2.19 bits per heavy atom. The van der Waals surface area contributed by atoms with E-state index in [2.05, 4.69) is 5.32 Å². The molecule has 6 heteroatoms. The largest absolute Gasteiger partial charge is 0.497 e. The minimum atomic E-state index is -0.0705. The minimum absolute atomic E-state index is 0.0705. The van der Waals surface area contributed by atoms with E-state index in [0.29, 0.717) is 6.54 Å². The maximum absolute atomic E-state index is 12.4. The van der Waals surface area contributed by atoms with Gasteiger partial charge in [0, 0.05) is 17.8 Å². The second kappa shape index (κ2) is 9.68. The van der Waals surface area contributed by atoms with Crippen LogP contribution in [0.4, 0.5) is 5.69 Å². The third kappa shape index (κ3) is 5.39. The van der Waals surface area contributed by atoms with Gasteiger partial charge in [-0.15, -0.1) is 0 Å². The third-order valence-electron chi connectivity index (χ3n) is 4.07. The van der Waals surface area contributed by atoms with Gasteiger partial charge in [0.2, 0.25) is 5.91 Å². The van der Waals surface area contributed by atoms with Crippen LogP contribution in [0.5, 0.6) is 17.2 Å². The van der Waals surface area contributed by atoms with Crippen molar-refractivity contribution in [3.8, 4) is 17.2 Å². The molecule has 2 aromatic rings. The quantitative estimate of drug-likeness (QED) is 0.746. The molecule has 0 aliphatic rings. The Hall–Kier alpha value is -2.73. The Kier molecular flexibility index (Phi) is 7.29. The molecule has 26 heavy (non-hydrogen) atoms. The normalized spacial score (nSPS) is 10.5. The molecule has 0 aliphatic heterocycles. The van der Waals surface area contributed by atoms with Gasteiger partial charge in [-0.2, -0.15) is 0 Å². The molecule has 2 aromatic carbocycles. The molecule has 1 amide bonds. The maximum atomic E-state index is 12.4. The van der Waals surface area contributed by atoms with Gasteiger partial charge >= 0.3 is 0 Å². The Morgan fingerprint density at radius 1 is 0.962 bits per heavy atom. The molecule has 6 nitrogen and oxygen atoms in total. The number of rotatable bonds is 9. The lowest BCUT2D eigenvalue weighted by Gasteiger charge is -2.21. The number of hydrogen-bond acceptors (Lipinski definition) is 5. The van der Waals surface area contributed by atoms with Gasteiger partial charge in [0.15, 0.2) is 0 Å². The summed E-state index contributed by atoms with van der Waals surface area (Å²) < 4.78 is 15.8. The van der Waals surface area contributed by atoms with E-state index in [0.717, 1.165) is 35.0 Å². The number of carbonyl (C=O) groups is 1. The van der Waals surface area contributed by atoms with Crippen molar-refractivity contribution in [1.82, 2.24) is 4.90 Å². The number of anilines is 1. The molecule has 0 saturated carbocycles. The minimum Gasteiger partial charge on any atom is -0.497 e. The van der Waals surface area contributed by atoms with Crippen molar-refractivity contribution in [3.05, 3.63) is 48.0 Å². The molecule has 0 bridgehead atoms. The number of likely N-dealkylation sites (N-methyl/N-ethyl adjacent to an activating group) is 1. The Morgan fingerprint density at radius 2 is 1.62 bits per heavy atom. The van der Waals surface area contributed by atoms with Crippen LogP contribution in [0.15, 0.2) is 42.5 Å². The van der Waals surface area contributed by atoms with Crippen LogP contribution in [-0.4, -0.2) is 45.2 Å². The fourth-order valence-electron chi connectivity index (χ4n) is 2.60. The van der Waals surface area contributed by atoms with Gasteiger partial charge in [-0.1, -0.05) is 6.92 Å². The Labute approximate surface area is 154 Å². The van der Waals surface area contributed by atoms with Crippen molar-refractivity contribution in [2.24, 2.45) is 0 Å². The third-order valence-corrected chi connectivity index (χ3v) is 4.07. The van der Waals surface area contributed by atoms with Crippen molar-refractivity contribution in [1.29, 1.82) is 0 Å². The number of amides is 1. The first kappa shape index (κ1) is 19.6. The first-order chi connectivity index (χ1) is 12.6. The Balaban J connectivity index is 2.00. The monoisotopic (exact) mass is 358 g/mol. The summed E-state index contributed by atoms with van der Waals surface area (Å²) in [7, 11) is 4.88. The standard InChI is InChI=1S/C20H26N2O4/c1-5-22(13-15-12-18(25-3)10-11-19(15)26-4)14-20(23)21-16-6-8-17(24-2)9-7-16/h6-12H,5,13-14H2,1-4H3,(H,21,23). The van der Waals surface area contributed by atoms with E-state index >= 15 is 0 Å². The van der Waals surface area contributed by atoms with Gasteiger partial charge < -0.3 is 19.5 Å². The zero-order valence-corrected chi connectivity index (χ0v) is 15.7. The zero-order chi connectivity index (χ0) is 18.9. The van der Waals surface area contributed by atoms with Crippen LogP contribution in [0.1, 0.15) is 12.5 Å². The fraction of sp³-hybridized carbons (Fsp3) is 0.350. The summed E-state index contributed by atoms with van der Waals surface area (Å²) in [6, 6.07) is 12.9. The van der Waals surface area contributed by atoms with Crippen molar-refractivity contribution in [3.63, 3.8) is 0 Å². The molecule has 0 aliphatic carbocycles. The lowest BCUT2D eigenvalue weighted by atomic mass is 10.1. The summed E-state index contributed by atoms with van der Waals surface area (Å²) in [6.07, 6.45) is 0. The number of nitrogens with one attached hydrogen (secondary N) is 1. The molecule has 140 valence electrons. The lowest BCUT2D eigenvalue weighted by molar-refractivity contribution is -0.117. The number of carbonyl (C=O) groups excluding carboxylic acids is 1. The SMILES string of the molecule is CCN(CC(=O)Nc1ccc(OC)cc1)Cc1cc(OC)ccc1OC. The molecule has 0 saturated heterocycles. The zero-order valence-electron chi connectivity index (χ0n) is 15.7. The van der Waals surface area contributed by atoms with Gasteiger partial charge in [-0.25, -0.2) is 0 Å². The molecular weight excluding hydrogens is 332 g/mol. The van der Waals surface area contributed by atoms with Gasteiger partial charge in [0.05, 0.1) is 27.9 Å². The average molecular weight is 358 g/mol. The predicted molar refractivity (Wildman–Crippen MR) is 102 cm³/mol.